The summed E-state index contributed by atoms with van der Waals surface area (Å²) in [5.74, 6) is -3.13. The van der Waals surface area contributed by atoms with Gasteiger partial charge in [-0.05, 0) is 57.0 Å². The molecular weight excluding hydrogens is 511 g/mol. The number of halogens is 1. The van der Waals surface area contributed by atoms with Crippen molar-refractivity contribution in [1.82, 2.24) is 4.98 Å². The zero-order valence-corrected chi connectivity index (χ0v) is 22.2. The highest BCUT2D eigenvalue weighted by Gasteiger charge is 2.49. The predicted octanol–water partition coefficient (Wildman–Crippen LogP) is 5.49. The Hall–Kier alpha value is -4.05. The van der Waals surface area contributed by atoms with Crippen molar-refractivity contribution in [3.63, 3.8) is 0 Å². The Morgan fingerprint density at radius 2 is 1.89 bits per heavy atom. The number of benzene rings is 2. The second-order valence-electron chi connectivity index (χ2n) is 8.65. The van der Waals surface area contributed by atoms with Gasteiger partial charge in [0.25, 0.3) is 5.78 Å². The maximum atomic E-state index is 15.1. The third-order valence-corrected chi connectivity index (χ3v) is 7.16. The Balaban J connectivity index is 1.89. The first-order valence-electron chi connectivity index (χ1n) is 12.1. The molecule has 0 bridgehead atoms. The minimum Gasteiger partial charge on any atom is -0.507 e. The summed E-state index contributed by atoms with van der Waals surface area (Å²) in [5.41, 5.74) is 0.923. The average Bonchev–Trinajstić information content (AvgIpc) is 3.39. The number of esters is 1. The van der Waals surface area contributed by atoms with Crippen LogP contribution in [0.1, 0.15) is 58.4 Å². The van der Waals surface area contributed by atoms with Crippen molar-refractivity contribution < 1.29 is 33.4 Å². The van der Waals surface area contributed by atoms with E-state index >= 15 is 4.39 Å². The average molecular weight is 539 g/mol. The zero-order valence-electron chi connectivity index (χ0n) is 21.4. The molecule has 198 valence electrons. The van der Waals surface area contributed by atoms with E-state index in [1.807, 2.05) is 6.92 Å². The summed E-state index contributed by atoms with van der Waals surface area (Å²) in [6.07, 6.45) is 0.820. The molecule has 0 aliphatic carbocycles. The van der Waals surface area contributed by atoms with Crippen molar-refractivity contribution in [3.8, 4) is 5.75 Å². The predicted molar refractivity (Wildman–Crippen MR) is 141 cm³/mol. The van der Waals surface area contributed by atoms with E-state index in [9.17, 15) is 19.5 Å². The van der Waals surface area contributed by atoms with Crippen LogP contribution in [0.2, 0.25) is 0 Å². The molecule has 1 fully saturated rings. The van der Waals surface area contributed by atoms with Crippen LogP contribution in [0.3, 0.4) is 0 Å². The molecule has 0 radical (unpaired) electrons. The highest BCUT2D eigenvalue weighted by molar-refractivity contribution is 7.17. The number of carbonyl (C=O) groups excluding carboxylic acids is 3. The molecule has 38 heavy (non-hydrogen) atoms. The Kier molecular flexibility index (Phi) is 7.91. The van der Waals surface area contributed by atoms with Crippen molar-refractivity contribution in [1.29, 1.82) is 0 Å². The highest BCUT2D eigenvalue weighted by atomic mass is 32.1. The quantitative estimate of drug-likeness (QED) is 0.175. The summed E-state index contributed by atoms with van der Waals surface area (Å²) in [7, 11) is 0. The number of hydrogen-bond donors (Lipinski definition) is 1. The lowest BCUT2D eigenvalue weighted by Crippen LogP contribution is -2.29. The normalized spacial score (nSPS) is 16.7. The van der Waals surface area contributed by atoms with E-state index in [1.165, 1.54) is 18.2 Å². The van der Waals surface area contributed by atoms with Gasteiger partial charge in [-0.2, -0.15) is 0 Å². The number of aromatic nitrogens is 1. The molecule has 1 N–H and O–H groups in total. The Morgan fingerprint density at radius 3 is 2.55 bits per heavy atom. The summed E-state index contributed by atoms with van der Waals surface area (Å²) in [6, 6.07) is 9.35. The van der Waals surface area contributed by atoms with Gasteiger partial charge in [0.2, 0.25) is 0 Å². The topological polar surface area (TPSA) is 106 Å². The number of hydrogen-bond acceptors (Lipinski definition) is 8. The Labute approximate surface area is 223 Å². The van der Waals surface area contributed by atoms with E-state index in [0.29, 0.717) is 29.2 Å². The monoisotopic (exact) mass is 538 g/mol. The van der Waals surface area contributed by atoms with Crippen LogP contribution in [-0.2, 0) is 14.3 Å². The molecule has 2 heterocycles. The first-order chi connectivity index (χ1) is 18.2. The minimum absolute atomic E-state index is 0.000611. The fourth-order valence-corrected chi connectivity index (χ4v) is 5.24. The highest BCUT2D eigenvalue weighted by Crippen LogP contribution is 2.45. The lowest BCUT2D eigenvalue weighted by molar-refractivity contribution is -0.132. The largest absolute Gasteiger partial charge is 0.507 e. The SMILES string of the molecule is CCCOc1ccc(C(O)=C2C(=O)C(=O)N(c3nc(C)c(C(=O)OCC)s3)C2c2ccccc2F)c(C)c1. The number of carbonyl (C=O) groups is 3. The molecule has 1 aliphatic heterocycles. The number of rotatable bonds is 8. The van der Waals surface area contributed by atoms with Crippen molar-refractivity contribution in [2.75, 3.05) is 18.1 Å². The van der Waals surface area contributed by atoms with Gasteiger partial charge in [0.05, 0.1) is 24.5 Å². The molecule has 1 atom stereocenters. The van der Waals surface area contributed by atoms with Gasteiger partial charge in [-0.25, -0.2) is 14.2 Å². The number of aliphatic hydroxyl groups excluding tert-OH is 1. The van der Waals surface area contributed by atoms with Crippen molar-refractivity contribution in [3.05, 3.63) is 81.1 Å². The molecule has 3 aromatic rings. The van der Waals surface area contributed by atoms with Gasteiger partial charge >= 0.3 is 11.9 Å². The van der Waals surface area contributed by atoms with Gasteiger partial charge in [0.1, 0.15) is 28.2 Å². The Bertz CT molecular complexity index is 1450. The van der Waals surface area contributed by atoms with Crippen molar-refractivity contribution >= 4 is 39.9 Å². The minimum atomic E-state index is -1.31. The fourth-order valence-electron chi connectivity index (χ4n) is 4.25. The summed E-state index contributed by atoms with van der Waals surface area (Å²) in [6.45, 7) is 7.62. The number of amides is 1. The number of thiazole rings is 1. The van der Waals surface area contributed by atoms with E-state index in [-0.39, 0.29) is 27.8 Å². The number of anilines is 1. The van der Waals surface area contributed by atoms with Crippen molar-refractivity contribution in [2.45, 2.75) is 40.2 Å². The van der Waals surface area contributed by atoms with Gasteiger partial charge in [-0.1, -0.05) is 36.5 Å². The second kappa shape index (κ2) is 11.1. The van der Waals surface area contributed by atoms with E-state index in [4.69, 9.17) is 9.47 Å². The molecule has 10 heteroatoms. The summed E-state index contributed by atoms with van der Waals surface area (Å²) in [5, 5.41) is 11.4. The first-order valence-corrected chi connectivity index (χ1v) is 12.9. The summed E-state index contributed by atoms with van der Waals surface area (Å²) >= 11 is 0.861. The number of nitrogens with zero attached hydrogens (tertiary/aromatic N) is 2. The summed E-state index contributed by atoms with van der Waals surface area (Å²) < 4.78 is 25.8. The van der Waals surface area contributed by atoms with Crippen LogP contribution in [0.5, 0.6) is 5.75 Å². The lowest BCUT2D eigenvalue weighted by Gasteiger charge is -2.23. The van der Waals surface area contributed by atoms with Crippen LogP contribution in [-0.4, -0.2) is 41.0 Å². The molecule has 4 rings (SSSR count). The molecule has 0 saturated carbocycles. The van der Waals surface area contributed by atoms with E-state index in [2.05, 4.69) is 4.98 Å². The molecule has 2 aromatic carbocycles. The number of aliphatic hydroxyl groups is 1. The van der Waals surface area contributed by atoms with Crippen LogP contribution < -0.4 is 9.64 Å². The third-order valence-electron chi connectivity index (χ3n) is 6.02. The van der Waals surface area contributed by atoms with Crippen LogP contribution in [0.4, 0.5) is 9.52 Å². The van der Waals surface area contributed by atoms with E-state index < -0.39 is 35.3 Å². The maximum absolute atomic E-state index is 15.1. The molecule has 1 amide bonds. The number of ether oxygens (including phenoxy) is 2. The molecular formula is C28H27FN2O6S. The Morgan fingerprint density at radius 1 is 1.16 bits per heavy atom. The van der Waals surface area contributed by atoms with Gasteiger partial charge < -0.3 is 14.6 Å². The van der Waals surface area contributed by atoms with E-state index in [0.717, 1.165) is 22.7 Å². The maximum Gasteiger partial charge on any atom is 0.350 e. The van der Waals surface area contributed by atoms with Crippen molar-refractivity contribution in [2.24, 2.45) is 0 Å². The molecule has 8 nitrogen and oxygen atoms in total. The van der Waals surface area contributed by atoms with Gasteiger partial charge in [0, 0.05) is 11.1 Å². The van der Waals surface area contributed by atoms with Crippen LogP contribution in [0, 0.1) is 19.7 Å². The second-order valence-corrected chi connectivity index (χ2v) is 9.62. The number of Topliss-reactive ketones (excluding diaryl/α,β-unsaturated/α-hetero) is 1. The molecule has 1 saturated heterocycles. The van der Waals surface area contributed by atoms with Gasteiger partial charge in [-0.3, -0.25) is 14.5 Å². The lowest BCUT2D eigenvalue weighted by atomic mass is 9.93. The fraction of sp³-hybridized carbons (Fsp3) is 0.286. The smallest absolute Gasteiger partial charge is 0.350 e. The van der Waals surface area contributed by atoms with E-state index in [1.54, 1.807) is 45.0 Å². The van der Waals surface area contributed by atoms with Gasteiger partial charge in [-0.15, -0.1) is 0 Å². The third kappa shape index (κ3) is 4.91. The first kappa shape index (κ1) is 27.0. The van der Waals surface area contributed by atoms with Crippen LogP contribution in [0.15, 0.2) is 48.0 Å². The molecule has 1 aromatic heterocycles. The zero-order chi connectivity index (χ0) is 27.6. The van der Waals surface area contributed by atoms with Gasteiger partial charge in [0.15, 0.2) is 5.13 Å². The van der Waals surface area contributed by atoms with Crippen LogP contribution >= 0.6 is 11.3 Å². The summed E-state index contributed by atoms with van der Waals surface area (Å²) in [4.78, 5) is 44.7. The molecule has 1 unspecified atom stereocenters. The molecule has 1 aliphatic rings. The van der Waals surface area contributed by atoms with Crippen LogP contribution in [0.25, 0.3) is 5.76 Å². The number of aryl methyl sites for hydroxylation is 2. The standard InChI is InChI=1S/C28H27FN2O6S/c1-5-13-37-17-11-12-18(15(3)14-17)23(32)21-22(19-9-7-8-10-20(19)29)31(26(34)24(21)33)28-30-16(4)25(38-28)27(35)36-6-2/h7-12,14,22,32H,5-6,13H2,1-4H3. The molecule has 0 spiro atoms. The number of ketones is 1.